The number of likely N-dealkylation sites (tertiary alicyclic amines) is 1. The molecule has 0 aromatic carbocycles. The molecule has 25 heavy (non-hydrogen) atoms. The van der Waals surface area contributed by atoms with Crippen molar-refractivity contribution >= 4 is 22.1 Å². The van der Waals surface area contributed by atoms with Crippen molar-refractivity contribution in [1.82, 2.24) is 13.9 Å². The van der Waals surface area contributed by atoms with E-state index in [4.69, 9.17) is 5.11 Å². The first kappa shape index (κ1) is 18.6. The number of hydrogen-bond donors (Lipinski definition) is 2. The van der Waals surface area contributed by atoms with Gasteiger partial charge in [-0.2, -0.15) is 12.7 Å². The highest BCUT2D eigenvalue weighted by Gasteiger charge is 2.37. The van der Waals surface area contributed by atoms with E-state index in [2.05, 4.69) is 4.72 Å². The van der Waals surface area contributed by atoms with Crippen LogP contribution in [0, 0.1) is 11.8 Å². The quantitative estimate of drug-likeness (QED) is 0.701. The minimum atomic E-state index is -3.61. The molecule has 2 saturated heterocycles. The van der Waals surface area contributed by atoms with Crippen LogP contribution in [0.5, 0.6) is 0 Å². The van der Waals surface area contributed by atoms with Crippen molar-refractivity contribution in [3.8, 4) is 0 Å². The fourth-order valence-electron chi connectivity index (χ4n) is 4.17. The Bertz CT molecular complexity index is 609. The average molecular weight is 373 g/mol. The van der Waals surface area contributed by atoms with Gasteiger partial charge >= 0.3 is 5.97 Å². The molecule has 3 aliphatic rings. The van der Waals surface area contributed by atoms with Gasteiger partial charge in [0.05, 0.1) is 5.92 Å². The number of rotatable bonds is 6. The maximum absolute atomic E-state index is 12.4. The summed E-state index contributed by atoms with van der Waals surface area (Å²) in [5.74, 6) is -1.17. The predicted octanol–water partition coefficient (Wildman–Crippen LogP) is 0.409. The summed E-state index contributed by atoms with van der Waals surface area (Å²) in [6.45, 7) is 1.34. The molecule has 142 valence electrons. The topological polar surface area (TPSA) is 107 Å². The molecule has 2 heterocycles. The Balaban J connectivity index is 1.48. The Hall–Kier alpha value is -1.19. The lowest BCUT2D eigenvalue weighted by Crippen LogP contribution is -2.47. The molecule has 0 bridgehead atoms. The highest BCUT2D eigenvalue weighted by atomic mass is 32.2. The third-order valence-corrected chi connectivity index (χ3v) is 7.28. The van der Waals surface area contributed by atoms with Crippen LogP contribution in [0.2, 0.25) is 0 Å². The van der Waals surface area contributed by atoms with Crippen LogP contribution < -0.4 is 4.72 Å². The molecule has 3 fully saturated rings. The largest absolute Gasteiger partial charge is 0.481 e. The average Bonchev–Trinajstić information content (AvgIpc) is 3.22. The van der Waals surface area contributed by atoms with Gasteiger partial charge in [-0.25, -0.2) is 4.72 Å². The van der Waals surface area contributed by atoms with Crippen LogP contribution in [0.4, 0.5) is 0 Å². The number of piperidine rings is 1. The van der Waals surface area contributed by atoms with Crippen LogP contribution in [0.25, 0.3) is 0 Å². The zero-order valence-electron chi connectivity index (χ0n) is 14.4. The van der Waals surface area contributed by atoms with Crippen LogP contribution in [-0.4, -0.2) is 66.8 Å². The third-order valence-electron chi connectivity index (χ3n) is 5.70. The summed E-state index contributed by atoms with van der Waals surface area (Å²) >= 11 is 0. The Morgan fingerprint density at radius 2 is 1.80 bits per heavy atom. The standard InChI is InChI=1S/C16H27N3O5S/c20-15-9-12(11-19(15)14-3-1-2-4-14)10-17-25(23,24)18-7-5-13(6-8-18)16(21)22/h12-14,17H,1-11H2,(H,21,22)/t12-/m0/s1. The maximum Gasteiger partial charge on any atom is 0.306 e. The van der Waals surface area contributed by atoms with Crippen molar-refractivity contribution in [1.29, 1.82) is 0 Å². The van der Waals surface area contributed by atoms with Crippen LogP contribution in [0.15, 0.2) is 0 Å². The molecule has 0 aromatic rings. The number of nitrogens with one attached hydrogen (secondary N) is 1. The molecule has 0 radical (unpaired) electrons. The van der Waals surface area contributed by atoms with Crippen molar-refractivity contribution in [2.45, 2.75) is 51.0 Å². The summed E-state index contributed by atoms with van der Waals surface area (Å²) in [7, 11) is -3.61. The van der Waals surface area contributed by atoms with E-state index in [9.17, 15) is 18.0 Å². The van der Waals surface area contributed by atoms with E-state index in [0.717, 1.165) is 25.7 Å². The molecule has 1 amide bonds. The molecule has 1 atom stereocenters. The lowest BCUT2D eigenvalue weighted by Gasteiger charge is -2.29. The molecule has 0 aromatic heterocycles. The smallest absolute Gasteiger partial charge is 0.306 e. The lowest BCUT2D eigenvalue weighted by molar-refractivity contribution is -0.143. The third kappa shape index (κ3) is 4.32. The normalized spacial score (nSPS) is 27.3. The number of aliphatic carboxylic acids is 1. The Kier molecular flexibility index (Phi) is 5.65. The van der Waals surface area contributed by atoms with Crippen LogP contribution in [-0.2, 0) is 19.8 Å². The van der Waals surface area contributed by atoms with Crippen molar-refractivity contribution < 1.29 is 23.1 Å². The molecule has 0 spiro atoms. The second kappa shape index (κ2) is 7.59. The number of carboxylic acid groups (broad SMARTS) is 1. The van der Waals surface area contributed by atoms with Crippen LogP contribution in [0.1, 0.15) is 44.9 Å². The van der Waals surface area contributed by atoms with E-state index in [1.807, 2.05) is 4.90 Å². The fourth-order valence-corrected chi connectivity index (χ4v) is 5.49. The zero-order chi connectivity index (χ0) is 18.0. The van der Waals surface area contributed by atoms with Gasteiger partial charge in [-0.15, -0.1) is 0 Å². The number of carbonyl (C=O) groups excluding carboxylic acids is 1. The minimum Gasteiger partial charge on any atom is -0.481 e. The molecule has 3 rings (SSSR count). The van der Waals surface area contributed by atoms with Crippen molar-refractivity contribution in [2.24, 2.45) is 11.8 Å². The van der Waals surface area contributed by atoms with Crippen molar-refractivity contribution in [3.05, 3.63) is 0 Å². The van der Waals surface area contributed by atoms with E-state index >= 15 is 0 Å². The molecule has 9 heteroatoms. The Morgan fingerprint density at radius 1 is 1.16 bits per heavy atom. The van der Waals surface area contributed by atoms with Gasteiger partial charge < -0.3 is 10.0 Å². The summed E-state index contributed by atoms with van der Waals surface area (Å²) in [6.07, 6.45) is 5.53. The van der Waals surface area contributed by atoms with Gasteiger partial charge in [-0.1, -0.05) is 12.8 Å². The zero-order valence-corrected chi connectivity index (χ0v) is 15.2. The molecule has 1 aliphatic carbocycles. The number of carboxylic acids is 1. The second-order valence-corrected chi connectivity index (χ2v) is 9.17. The Labute approximate surface area is 148 Å². The van der Waals surface area contributed by atoms with E-state index in [0.29, 0.717) is 31.8 Å². The molecular formula is C16H27N3O5S. The molecular weight excluding hydrogens is 346 g/mol. The summed E-state index contributed by atoms with van der Waals surface area (Å²) in [6, 6.07) is 0.337. The van der Waals surface area contributed by atoms with Gasteiger partial charge in [-0.3, -0.25) is 9.59 Å². The molecule has 8 nitrogen and oxygen atoms in total. The van der Waals surface area contributed by atoms with E-state index in [1.165, 1.54) is 4.31 Å². The second-order valence-electron chi connectivity index (χ2n) is 7.42. The lowest BCUT2D eigenvalue weighted by atomic mass is 9.99. The van der Waals surface area contributed by atoms with Gasteiger partial charge in [0, 0.05) is 38.6 Å². The van der Waals surface area contributed by atoms with E-state index in [-0.39, 0.29) is 31.5 Å². The highest BCUT2D eigenvalue weighted by Crippen LogP contribution is 2.29. The van der Waals surface area contributed by atoms with Gasteiger partial charge in [0.25, 0.3) is 10.2 Å². The first-order valence-electron chi connectivity index (χ1n) is 9.14. The molecule has 2 N–H and O–H groups in total. The number of hydrogen-bond acceptors (Lipinski definition) is 4. The van der Waals surface area contributed by atoms with Crippen LogP contribution in [0.3, 0.4) is 0 Å². The minimum absolute atomic E-state index is 0.0134. The maximum atomic E-state index is 12.4. The number of nitrogens with zero attached hydrogens (tertiary/aromatic N) is 2. The van der Waals surface area contributed by atoms with Gasteiger partial charge in [0.1, 0.15) is 0 Å². The van der Waals surface area contributed by atoms with Gasteiger partial charge in [0.15, 0.2) is 0 Å². The van der Waals surface area contributed by atoms with E-state index in [1.54, 1.807) is 0 Å². The van der Waals surface area contributed by atoms with E-state index < -0.39 is 22.1 Å². The fraction of sp³-hybridized carbons (Fsp3) is 0.875. The monoisotopic (exact) mass is 373 g/mol. The summed E-state index contributed by atoms with van der Waals surface area (Å²) in [4.78, 5) is 25.1. The first-order chi connectivity index (χ1) is 11.9. The van der Waals surface area contributed by atoms with Crippen LogP contribution >= 0.6 is 0 Å². The van der Waals surface area contributed by atoms with Gasteiger partial charge in [-0.05, 0) is 31.6 Å². The molecule has 2 aliphatic heterocycles. The predicted molar refractivity (Wildman–Crippen MR) is 90.9 cm³/mol. The molecule has 1 saturated carbocycles. The van der Waals surface area contributed by atoms with Crippen molar-refractivity contribution in [2.75, 3.05) is 26.2 Å². The molecule has 0 unspecified atom stereocenters. The van der Waals surface area contributed by atoms with Crippen molar-refractivity contribution in [3.63, 3.8) is 0 Å². The first-order valence-corrected chi connectivity index (χ1v) is 10.6. The summed E-state index contributed by atoms with van der Waals surface area (Å²) < 4.78 is 28.7. The Morgan fingerprint density at radius 3 is 2.40 bits per heavy atom. The highest BCUT2D eigenvalue weighted by molar-refractivity contribution is 7.87. The summed E-state index contributed by atoms with van der Waals surface area (Å²) in [5, 5.41) is 8.99. The number of carbonyl (C=O) groups is 2. The number of amides is 1. The SMILES string of the molecule is O=C(O)C1CCN(S(=O)(=O)NC[C@@H]2CC(=O)N(C3CCCC3)C2)CC1. The van der Waals surface area contributed by atoms with Gasteiger partial charge in [0.2, 0.25) is 5.91 Å². The summed E-state index contributed by atoms with van der Waals surface area (Å²) in [5.41, 5.74) is 0.